The molecule has 1 aromatic heterocycles. The summed E-state index contributed by atoms with van der Waals surface area (Å²) in [7, 11) is 1.38. The second-order valence-electron chi connectivity index (χ2n) is 8.65. The van der Waals surface area contributed by atoms with E-state index < -0.39 is 0 Å². The summed E-state index contributed by atoms with van der Waals surface area (Å²) in [6.45, 7) is 3.42. The van der Waals surface area contributed by atoms with E-state index in [0.717, 1.165) is 41.9 Å². The van der Waals surface area contributed by atoms with Gasteiger partial charge in [0.15, 0.2) is 0 Å². The van der Waals surface area contributed by atoms with Gasteiger partial charge >= 0.3 is 5.97 Å². The molecule has 0 saturated heterocycles. The van der Waals surface area contributed by atoms with Crippen molar-refractivity contribution >= 4 is 33.3 Å². The molecular formula is C30H31NO5S. The lowest BCUT2D eigenvalue weighted by Gasteiger charge is -2.09. The highest BCUT2D eigenvalue weighted by molar-refractivity contribution is 7.17. The third-order valence-corrected chi connectivity index (χ3v) is 6.98. The van der Waals surface area contributed by atoms with Crippen molar-refractivity contribution in [3.05, 3.63) is 83.2 Å². The largest absolute Gasteiger partial charge is 0.494 e. The molecule has 0 aliphatic carbocycles. The fourth-order valence-corrected chi connectivity index (χ4v) is 4.94. The molecular weight excluding hydrogens is 486 g/mol. The molecule has 0 atom stereocenters. The number of nitrogens with one attached hydrogen (secondary N) is 1. The number of carbonyl (C=O) groups is 2. The minimum absolute atomic E-state index is 0.00605. The monoisotopic (exact) mass is 517 g/mol. The second kappa shape index (κ2) is 12.9. The Morgan fingerprint density at radius 2 is 1.46 bits per heavy atom. The lowest BCUT2D eigenvalue weighted by molar-refractivity contribution is -0.118. The number of esters is 1. The quantitative estimate of drug-likeness (QED) is 0.177. The molecule has 0 radical (unpaired) electrons. The zero-order valence-corrected chi connectivity index (χ0v) is 21.9. The highest BCUT2D eigenvalue weighted by atomic mass is 32.1. The topological polar surface area (TPSA) is 73.9 Å². The van der Waals surface area contributed by atoms with Gasteiger partial charge in [-0.1, -0.05) is 24.3 Å². The summed E-state index contributed by atoms with van der Waals surface area (Å²) in [6.07, 6.45) is 2.59. The minimum Gasteiger partial charge on any atom is -0.494 e. The van der Waals surface area contributed by atoms with Crippen LogP contribution < -0.4 is 14.8 Å². The maximum atomic E-state index is 11.6. The maximum absolute atomic E-state index is 11.6. The molecule has 1 heterocycles. The highest BCUT2D eigenvalue weighted by Gasteiger charge is 2.07. The van der Waals surface area contributed by atoms with Crippen LogP contribution in [0.5, 0.6) is 11.5 Å². The number of benzene rings is 3. The molecule has 3 aromatic carbocycles. The van der Waals surface area contributed by atoms with Crippen LogP contribution in [-0.2, 0) is 16.0 Å². The molecule has 192 valence electrons. The molecule has 0 saturated carbocycles. The van der Waals surface area contributed by atoms with E-state index in [9.17, 15) is 9.59 Å². The van der Waals surface area contributed by atoms with Crippen molar-refractivity contribution in [1.29, 1.82) is 0 Å². The molecule has 37 heavy (non-hydrogen) atoms. The van der Waals surface area contributed by atoms with E-state index in [1.54, 1.807) is 23.5 Å². The van der Waals surface area contributed by atoms with Crippen LogP contribution >= 0.6 is 11.3 Å². The Kier molecular flexibility index (Phi) is 9.16. The first-order valence-corrected chi connectivity index (χ1v) is 13.2. The Balaban J connectivity index is 1.19. The van der Waals surface area contributed by atoms with Gasteiger partial charge in [-0.3, -0.25) is 4.79 Å². The normalized spacial score (nSPS) is 10.8. The maximum Gasteiger partial charge on any atom is 0.337 e. The zero-order valence-electron chi connectivity index (χ0n) is 21.1. The van der Waals surface area contributed by atoms with Gasteiger partial charge in [-0.2, -0.15) is 0 Å². The second-order valence-corrected chi connectivity index (χ2v) is 9.56. The van der Waals surface area contributed by atoms with E-state index in [0.29, 0.717) is 25.3 Å². The number of rotatable bonds is 12. The Morgan fingerprint density at radius 1 is 0.838 bits per heavy atom. The van der Waals surface area contributed by atoms with Crippen LogP contribution in [0.4, 0.5) is 0 Å². The number of hydrogen-bond donors (Lipinski definition) is 1. The van der Waals surface area contributed by atoms with Gasteiger partial charge in [-0.25, -0.2) is 4.79 Å². The molecule has 4 aromatic rings. The van der Waals surface area contributed by atoms with Crippen molar-refractivity contribution in [2.45, 2.75) is 26.2 Å². The molecule has 0 fully saturated rings. The smallest absolute Gasteiger partial charge is 0.337 e. The number of methoxy groups -OCH3 is 1. The summed E-state index contributed by atoms with van der Waals surface area (Å²) in [5.41, 5.74) is 3.84. The number of fused-ring (bicyclic) bond motifs is 1. The molecule has 0 unspecified atom stereocenters. The molecule has 0 aliphatic rings. The Hall–Kier alpha value is -3.84. The summed E-state index contributed by atoms with van der Waals surface area (Å²) in [5, 5.41) is 6.20. The van der Waals surface area contributed by atoms with Gasteiger partial charge < -0.3 is 19.5 Å². The molecule has 4 rings (SSSR count). The Labute approximate surface area is 221 Å². The van der Waals surface area contributed by atoms with Gasteiger partial charge in [0.2, 0.25) is 5.91 Å². The van der Waals surface area contributed by atoms with Crippen LogP contribution in [-0.4, -0.2) is 38.7 Å². The van der Waals surface area contributed by atoms with E-state index in [4.69, 9.17) is 14.2 Å². The van der Waals surface area contributed by atoms with Gasteiger partial charge in [-0.05, 0) is 89.2 Å². The first-order valence-electron chi connectivity index (χ1n) is 12.3. The van der Waals surface area contributed by atoms with E-state index in [1.165, 1.54) is 29.7 Å². The summed E-state index contributed by atoms with van der Waals surface area (Å²) >= 11 is 1.71. The summed E-state index contributed by atoms with van der Waals surface area (Å²) in [4.78, 5) is 22.7. The van der Waals surface area contributed by atoms with Crippen LogP contribution in [0, 0.1) is 0 Å². The summed E-state index contributed by atoms with van der Waals surface area (Å²) in [5.74, 6) is 1.34. The predicted molar refractivity (Wildman–Crippen MR) is 148 cm³/mol. The third-order valence-electron chi connectivity index (χ3n) is 5.96. The molecule has 0 spiro atoms. The lowest BCUT2D eigenvalue weighted by atomic mass is 10.0. The van der Waals surface area contributed by atoms with Gasteiger partial charge in [-0.15, -0.1) is 11.3 Å². The molecule has 0 bridgehead atoms. The van der Waals surface area contributed by atoms with E-state index in [-0.39, 0.29) is 11.9 Å². The standard InChI is InChI=1S/C30H31NO5S/c1-21(32)31-16-15-25-20-37-29-14-13-27(19-28(25)29)36-18-4-3-17-35-26-11-9-23(10-12-26)22-5-7-24(8-6-22)30(33)34-2/h5-14,19-20H,3-4,15-18H2,1-2H3,(H,31,32). The van der Waals surface area contributed by atoms with Gasteiger partial charge in [0, 0.05) is 18.2 Å². The Bertz CT molecular complexity index is 1330. The number of unbranched alkanes of at least 4 members (excludes halogenated alkanes) is 1. The fourth-order valence-electron chi connectivity index (χ4n) is 3.96. The van der Waals surface area contributed by atoms with Crippen molar-refractivity contribution in [2.24, 2.45) is 0 Å². The first kappa shape index (κ1) is 26.2. The van der Waals surface area contributed by atoms with Crippen LogP contribution in [0.15, 0.2) is 72.1 Å². The minimum atomic E-state index is -0.339. The van der Waals surface area contributed by atoms with E-state index in [1.807, 2.05) is 42.5 Å². The van der Waals surface area contributed by atoms with E-state index in [2.05, 4.69) is 22.8 Å². The molecule has 0 aliphatic heterocycles. The number of carbonyl (C=O) groups excluding carboxylic acids is 2. The summed E-state index contributed by atoms with van der Waals surface area (Å²) in [6, 6.07) is 21.5. The molecule has 7 heteroatoms. The van der Waals surface area contributed by atoms with Gasteiger partial charge in [0.25, 0.3) is 0 Å². The predicted octanol–water partition coefficient (Wildman–Crippen LogP) is 6.27. The molecule has 6 nitrogen and oxygen atoms in total. The van der Waals surface area contributed by atoms with Crippen molar-refractivity contribution in [2.75, 3.05) is 26.9 Å². The van der Waals surface area contributed by atoms with Crippen LogP contribution in [0.2, 0.25) is 0 Å². The number of amides is 1. The lowest BCUT2D eigenvalue weighted by Crippen LogP contribution is -2.22. The van der Waals surface area contributed by atoms with Crippen molar-refractivity contribution in [1.82, 2.24) is 5.32 Å². The number of hydrogen-bond acceptors (Lipinski definition) is 6. The molecule has 1 N–H and O–H groups in total. The van der Waals surface area contributed by atoms with Crippen molar-refractivity contribution in [3.8, 4) is 22.6 Å². The van der Waals surface area contributed by atoms with Gasteiger partial charge in [0.1, 0.15) is 11.5 Å². The SMILES string of the molecule is COC(=O)c1ccc(-c2ccc(OCCCCOc3ccc4scc(CCNC(C)=O)c4c3)cc2)cc1. The van der Waals surface area contributed by atoms with Crippen LogP contribution in [0.3, 0.4) is 0 Å². The zero-order chi connectivity index (χ0) is 26.0. The number of ether oxygens (including phenoxy) is 3. The van der Waals surface area contributed by atoms with E-state index >= 15 is 0 Å². The molecule has 1 amide bonds. The van der Waals surface area contributed by atoms with Crippen LogP contribution in [0.1, 0.15) is 35.7 Å². The van der Waals surface area contributed by atoms with Crippen molar-refractivity contribution < 1.29 is 23.8 Å². The van der Waals surface area contributed by atoms with Gasteiger partial charge in [0.05, 0.1) is 25.9 Å². The van der Waals surface area contributed by atoms with Crippen molar-refractivity contribution in [3.63, 3.8) is 0 Å². The average molecular weight is 518 g/mol. The first-order chi connectivity index (χ1) is 18.0. The summed E-state index contributed by atoms with van der Waals surface area (Å²) < 4.78 is 17.8. The number of thiophene rings is 1. The fraction of sp³-hybridized carbons (Fsp3) is 0.267. The van der Waals surface area contributed by atoms with Crippen LogP contribution in [0.25, 0.3) is 21.2 Å². The third kappa shape index (κ3) is 7.33. The average Bonchev–Trinajstić information content (AvgIpc) is 3.32. The highest BCUT2D eigenvalue weighted by Crippen LogP contribution is 2.30. The Morgan fingerprint density at radius 3 is 2.11 bits per heavy atom.